The van der Waals surface area contributed by atoms with Crippen LogP contribution in [0.15, 0.2) is 29.4 Å². The van der Waals surface area contributed by atoms with E-state index in [1.807, 2.05) is 24.2 Å². The highest BCUT2D eigenvalue weighted by Gasteiger charge is 2.15. The molecule has 2 nitrogen and oxygen atoms in total. The van der Waals surface area contributed by atoms with Gasteiger partial charge in [0.15, 0.2) is 0 Å². The van der Waals surface area contributed by atoms with Gasteiger partial charge in [0, 0.05) is 28.6 Å². The fraction of sp³-hybridized carbons (Fsp3) is 0.615. The van der Waals surface area contributed by atoms with Gasteiger partial charge in [-0.3, -0.25) is 4.98 Å². The zero-order chi connectivity index (χ0) is 11.8. The van der Waals surface area contributed by atoms with Crippen LogP contribution in [0.5, 0.6) is 0 Å². The molecule has 1 rings (SSSR count). The van der Waals surface area contributed by atoms with Crippen molar-refractivity contribution in [2.45, 2.75) is 49.8 Å². The molecule has 0 saturated carbocycles. The van der Waals surface area contributed by atoms with Crippen molar-refractivity contribution in [3.63, 3.8) is 0 Å². The summed E-state index contributed by atoms with van der Waals surface area (Å²) in [6, 6.07) is 4.75. The van der Waals surface area contributed by atoms with Crippen LogP contribution < -0.4 is 5.32 Å². The Hall–Kier alpha value is -0.540. The van der Waals surface area contributed by atoms with E-state index in [-0.39, 0.29) is 0 Å². The highest BCUT2D eigenvalue weighted by Crippen LogP contribution is 2.25. The van der Waals surface area contributed by atoms with Crippen LogP contribution in [0.4, 0.5) is 0 Å². The van der Waals surface area contributed by atoms with Gasteiger partial charge in [0.2, 0.25) is 0 Å². The van der Waals surface area contributed by atoms with E-state index >= 15 is 0 Å². The second-order valence-electron chi connectivity index (χ2n) is 3.97. The van der Waals surface area contributed by atoms with Crippen molar-refractivity contribution in [1.82, 2.24) is 10.3 Å². The van der Waals surface area contributed by atoms with Crippen molar-refractivity contribution < 1.29 is 0 Å². The molecule has 1 N–H and O–H groups in total. The molecule has 0 aromatic carbocycles. The summed E-state index contributed by atoms with van der Waals surface area (Å²) in [6.07, 6.45) is 6.09. The molecule has 0 bridgehead atoms. The summed E-state index contributed by atoms with van der Waals surface area (Å²) in [6.45, 7) is 7.86. The Morgan fingerprint density at radius 1 is 1.31 bits per heavy atom. The van der Waals surface area contributed by atoms with Crippen LogP contribution in [-0.2, 0) is 0 Å². The molecule has 1 aromatic rings. The van der Waals surface area contributed by atoms with Crippen LogP contribution in [0.25, 0.3) is 0 Å². The minimum Gasteiger partial charge on any atom is -0.313 e. The van der Waals surface area contributed by atoms with E-state index in [1.165, 1.54) is 17.7 Å². The van der Waals surface area contributed by atoms with Crippen molar-refractivity contribution in [2.75, 3.05) is 6.54 Å². The quantitative estimate of drug-likeness (QED) is 0.737. The summed E-state index contributed by atoms with van der Waals surface area (Å²) in [5, 5.41) is 4.20. The largest absolute Gasteiger partial charge is 0.313 e. The van der Waals surface area contributed by atoms with Crippen molar-refractivity contribution in [1.29, 1.82) is 0 Å². The van der Waals surface area contributed by atoms with E-state index < -0.39 is 0 Å². The molecule has 3 heteroatoms. The zero-order valence-corrected chi connectivity index (χ0v) is 11.3. The first-order valence-electron chi connectivity index (χ1n) is 6.08. The average molecular weight is 238 g/mol. The molecule has 0 fully saturated rings. The molecule has 2 unspecified atom stereocenters. The van der Waals surface area contributed by atoms with E-state index in [1.54, 1.807) is 0 Å². The van der Waals surface area contributed by atoms with Crippen LogP contribution in [0, 0.1) is 0 Å². The average Bonchev–Trinajstić information content (AvgIpc) is 2.31. The van der Waals surface area contributed by atoms with Gasteiger partial charge in [-0.25, -0.2) is 0 Å². The maximum Gasteiger partial charge on any atom is 0.0278 e. The second-order valence-corrected chi connectivity index (χ2v) is 5.43. The lowest BCUT2D eigenvalue weighted by molar-refractivity contribution is 0.494. The smallest absolute Gasteiger partial charge is 0.0278 e. The van der Waals surface area contributed by atoms with Gasteiger partial charge in [-0.15, -0.1) is 11.8 Å². The number of rotatable bonds is 7. The van der Waals surface area contributed by atoms with Gasteiger partial charge in [-0.1, -0.05) is 20.8 Å². The summed E-state index contributed by atoms with van der Waals surface area (Å²) in [4.78, 5) is 5.34. The van der Waals surface area contributed by atoms with Gasteiger partial charge in [-0.2, -0.15) is 0 Å². The highest BCUT2D eigenvalue weighted by molar-refractivity contribution is 8.00. The van der Waals surface area contributed by atoms with Crippen LogP contribution >= 0.6 is 11.8 Å². The Labute approximate surface area is 103 Å². The van der Waals surface area contributed by atoms with Crippen molar-refractivity contribution in [3.05, 3.63) is 24.5 Å². The van der Waals surface area contributed by atoms with Gasteiger partial charge < -0.3 is 5.32 Å². The van der Waals surface area contributed by atoms with Crippen LogP contribution in [0.1, 0.15) is 33.6 Å². The van der Waals surface area contributed by atoms with E-state index in [9.17, 15) is 0 Å². The fourth-order valence-corrected chi connectivity index (χ4v) is 2.85. The number of pyridine rings is 1. The number of nitrogens with zero attached hydrogens (tertiary/aromatic N) is 1. The minimum absolute atomic E-state index is 0.595. The Bertz CT molecular complexity index is 277. The van der Waals surface area contributed by atoms with Gasteiger partial charge in [0.05, 0.1) is 0 Å². The summed E-state index contributed by atoms with van der Waals surface area (Å²) in [5.74, 6) is 0. The van der Waals surface area contributed by atoms with Gasteiger partial charge in [0.1, 0.15) is 0 Å². The number of aromatic nitrogens is 1. The van der Waals surface area contributed by atoms with Crippen molar-refractivity contribution in [2.24, 2.45) is 0 Å². The molecule has 90 valence electrons. The van der Waals surface area contributed by atoms with Gasteiger partial charge in [0.25, 0.3) is 0 Å². The number of hydrogen-bond acceptors (Lipinski definition) is 3. The molecule has 0 saturated heterocycles. The first-order valence-corrected chi connectivity index (χ1v) is 6.96. The monoisotopic (exact) mass is 238 g/mol. The fourth-order valence-electron chi connectivity index (χ4n) is 1.69. The lowest BCUT2D eigenvalue weighted by atomic mass is 10.1. The van der Waals surface area contributed by atoms with Crippen LogP contribution in [-0.4, -0.2) is 22.8 Å². The summed E-state index contributed by atoms with van der Waals surface area (Å²) >= 11 is 1.92. The lowest BCUT2D eigenvalue weighted by Gasteiger charge is -2.23. The number of thioether (sulfide) groups is 1. The van der Waals surface area contributed by atoms with Gasteiger partial charge in [-0.05, 0) is 31.5 Å². The molecule has 1 heterocycles. The topological polar surface area (TPSA) is 24.9 Å². The van der Waals surface area contributed by atoms with Gasteiger partial charge >= 0.3 is 0 Å². The Balaban J connectivity index is 2.46. The summed E-state index contributed by atoms with van der Waals surface area (Å²) < 4.78 is 0. The Morgan fingerprint density at radius 2 is 2.00 bits per heavy atom. The number of nitrogens with one attached hydrogen (secondary N) is 1. The van der Waals surface area contributed by atoms with E-state index in [0.717, 1.165) is 6.54 Å². The molecule has 0 spiro atoms. The van der Waals surface area contributed by atoms with Crippen molar-refractivity contribution >= 4 is 11.8 Å². The predicted octanol–water partition coefficient (Wildman–Crippen LogP) is 3.34. The first kappa shape index (κ1) is 13.5. The lowest BCUT2D eigenvalue weighted by Crippen LogP contribution is -2.36. The summed E-state index contributed by atoms with van der Waals surface area (Å²) in [7, 11) is 0. The molecule has 1 aromatic heterocycles. The minimum atomic E-state index is 0.595. The molecular formula is C13H22N2S. The highest BCUT2D eigenvalue weighted by atomic mass is 32.2. The Morgan fingerprint density at radius 3 is 2.56 bits per heavy atom. The molecule has 0 aliphatic rings. The standard InChI is InChI=1S/C13H22N2S/c1-4-8-15-13(5-2)11(3)16-12-6-9-14-10-7-12/h6-7,9-11,13,15H,4-5,8H2,1-3H3. The molecule has 2 atom stereocenters. The molecule has 0 aliphatic carbocycles. The molecule has 16 heavy (non-hydrogen) atoms. The summed E-state index contributed by atoms with van der Waals surface area (Å²) in [5.41, 5.74) is 0. The maximum atomic E-state index is 4.04. The molecule has 0 amide bonds. The maximum absolute atomic E-state index is 4.04. The molecular weight excluding hydrogens is 216 g/mol. The van der Waals surface area contributed by atoms with E-state index in [2.05, 4.69) is 43.2 Å². The normalized spacial score (nSPS) is 14.7. The number of hydrogen-bond donors (Lipinski definition) is 1. The van der Waals surface area contributed by atoms with Crippen LogP contribution in [0.2, 0.25) is 0 Å². The third kappa shape index (κ3) is 4.54. The van der Waals surface area contributed by atoms with E-state index in [4.69, 9.17) is 0 Å². The SMILES string of the molecule is CCCNC(CC)C(C)Sc1ccncc1. The zero-order valence-electron chi connectivity index (χ0n) is 10.4. The van der Waals surface area contributed by atoms with E-state index in [0.29, 0.717) is 11.3 Å². The second kappa shape index (κ2) is 7.69. The molecule has 0 aliphatic heterocycles. The third-order valence-corrected chi connectivity index (χ3v) is 3.88. The van der Waals surface area contributed by atoms with Crippen LogP contribution in [0.3, 0.4) is 0 Å². The predicted molar refractivity (Wildman–Crippen MR) is 71.9 cm³/mol. The first-order chi connectivity index (χ1) is 7.77. The Kier molecular flexibility index (Phi) is 6.50. The third-order valence-electron chi connectivity index (χ3n) is 2.63. The molecule has 0 radical (unpaired) electrons. The van der Waals surface area contributed by atoms with Crippen molar-refractivity contribution in [3.8, 4) is 0 Å².